The number of para-hydroxylation sites is 2. The van der Waals surface area contributed by atoms with Crippen LogP contribution in [-0.4, -0.2) is 14.1 Å². The third-order valence-corrected chi connectivity index (χ3v) is 11.9. The lowest BCUT2D eigenvalue weighted by molar-refractivity contribution is 1.03. The van der Waals surface area contributed by atoms with Crippen LogP contribution in [0.2, 0.25) is 0 Å². The van der Waals surface area contributed by atoms with Crippen molar-refractivity contribution in [3.63, 3.8) is 0 Å². The van der Waals surface area contributed by atoms with Crippen LogP contribution in [0.3, 0.4) is 0 Å². The molecule has 0 aliphatic carbocycles. The summed E-state index contributed by atoms with van der Waals surface area (Å²) in [6.45, 7) is 6.43. The maximum absolute atomic E-state index is 5.26. The van der Waals surface area contributed by atoms with Crippen LogP contribution in [0.4, 0.5) is 0 Å². The van der Waals surface area contributed by atoms with E-state index in [4.69, 9.17) is 4.98 Å². The molecule has 4 heterocycles. The summed E-state index contributed by atoms with van der Waals surface area (Å²) >= 11 is 3.65. The van der Waals surface area contributed by atoms with E-state index < -0.39 is 0 Å². The van der Waals surface area contributed by atoms with Gasteiger partial charge in [0, 0.05) is 59.7 Å². The SMILES string of the molecule is C=CC/C(=C\c1c(C)n(-c2nc3ccc4sc5ccccc5c4c3s2)c2ccccc12)n1c2ccccc2c2cc3ccccc3cc21. The summed E-state index contributed by atoms with van der Waals surface area (Å²) in [7, 11) is 0. The van der Waals surface area contributed by atoms with Crippen LogP contribution in [0.15, 0.2) is 134 Å². The summed E-state index contributed by atoms with van der Waals surface area (Å²) in [5.74, 6) is 0. The van der Waals surface area contributed by atoms with Crippen molar-refractivity contribution < 1.29 is 0 Å². The van der Waals surface area contributed by atoms with Crippen LogP contribution >= 0.6 is 22.7 Å². The normalized spacial score (nSPS) is 12.6. The van der Waals surface area contributed by atoms with E-state index in [-0.39, 0.29) is 0 Å². The molecule has 0 atom stereocenters. The zero-order valence-corrected chi connectivity index (χ0v) is 27.9. The Morgan fingerprint density at radius 1 is 0.688 bits per heavy atom. The molecule has 4 aromatic heterocycles. The van der Waals surface area contributed by atoms with Crippen LogP contribution in [0, 0.1) is 6.92 Å². The molecule has 10 aromatic rings. The van der Waals surface area contributed by atoms with Gasteiger partial charge in [-0.1, -0.05) is 96.3 Å². The Hall–Kier alpha value is -5.49. The quantitative estimate of drug-likeness (QED) is 0.170. The summed E-state index contributed by atoms with van der Waals surface area (Å²) < 4.78 is 8.68. The first-order valence-electron chi connectivity index (χ1n) is 16.2. The second-order valence-electron chi connectivity index (χ2n) is 12.4. The monoisotopic (exact) mass is 651 g/mol. The van der Waals surface area contributed by atoms with Crippen molar-refractivity contribution in [1.29, 1.82) is 0 Å². The van der Waals surface area contributed by atoms with Gasteiger partial charge in [-0.15, -0.1) is 17.9 Å². The maximum atomic E-state index is 5.26. The predicted molar refractivity (Wildman–Crippen MR) is 210 cm³/mol. The molecular weight excluding hydrogens is 623 g/mol. The largest absolute Gasteiger partial charge is 0.313 e. The topological polar surface area (TPSA) is 22.8 Å². The lowest BCUT2D eigenvalue weighted by Crippen LogP contribution is -1.98. The van der Waals surface area contributed by atoms with Crippen molar-refractivity contribution in [3.05, 3.63) is 145 Å². The predicted octanol–water partition coefficient (Wildman–Crippen LogP) is 12.8. The lowest BCUT2D eigenvalue weighted by atomic mass is 10.1. The fourth-order valence-electron chi connectivity index (χ4n) is 7.59. The van der Waals surface area contributed by atoms with E-state index in [0.717, 1.165) is 22.6 Å². The average molecular weight is 652 g/mol. The van der Waals surface area contributed by atoms with Gasteiger partial charge in [0.05, 0.1) is 26.8 Å². The van der Waals surface area contributed by atoms with Crippen molar-refractivity contribution >= 4 is 108 Å². The van der Waals surface area contributed by atoms with E-state index in [1.807, 2.05) is 17.4 Å². The van der Waals surface area contributed by atoms with E-state index in [1.165, 1.54) is 79.8 Å². The fraction of sp³-hybridized carbons (Fsp3) is 0.0465. The lowest BCUT2D eigenvalue weighted by Gasteiger charge is -2.12. The number of allylic oxidation sites excluding steroid dienone is 2. The number of nitrogens with zero attached hydrogens (tertiary/aromatic N) is 3. The number of hydrogen-bond acceptors (Lipinski definition) is 3. The smallest absolute Gasteiger partial charge is 0.195 e. The van der Waals surface area contributed by atoms with Crippen LogP contribution in [0.25, 0.3) is 90.8 Å². The van der Waals surface area contributed by atoms with Crippen molar-refractivity contribution in [1.82, 2.24) is 14.1 Å². The standard InChI is InChI=1S/C43H29N3S2/c1-3-12-29(46-37-19-10-7-16-31(37)34-23-27-13-4-5-14-28(27)24-38(34)46)25-33-26(2)45(36-18-9-6-15-30(33)36)43-44-35-21-22-40-41(42(35)48-43)32-17-8-11-20-39(32)47-40/h3-11,13-25H,1,12H2,2H3/b29-25+. The molecule has 0 saturated heterocycles. The summed E-state index contributed by atoms with van der Waals surface area (Å²) in [6.07, 6.45) is 5.13. The van der Waals surface area contributed by atoms with Crippen LogP contribution in [0.1, 0.15) is 17.7 Å². The molecule has 48 heavy (non-hydrogen) atoms. The zero-order chi connectivity index (χ0) is 31.9. The van der Waals surface area contributed by atoms with Crippen LogP contribution in [-0.2, 0) is 0 Å². The Labute approximate surface area is 284 Å². The number of benzene rings is 6. The Kier molecular flexibility index (Phi) is 6.04. The zero-order valence-electron chi connectivity index (χ0n) is 26.3. The number of hydrogen-bond donors (Lipinski definition) is 0. The highest BCUT2D eigenvalue weighted by atomic mass is 32.1. The molecule has 228 valence electrons. The highest BCUT2D eigenvalue weighted by molar-refractivity contribution is 7.27. The number of fused-ring (bicyclic) bond motifs is 10. The van der Waals surface area contributed by atoms with E-state index in [2.05, 4.69) is 150 Å². The van der Waals surface area contributed by atoms with Crippen molar-refractivity contribution in [2.24, 2.45) is 0 Å². The van der Waals surface area contributed by atoms with Gasteiger partial charge in [0.15, 0.2) is 5.13 Å². The van der Waals surface area contributed by atoms with Gasteiger partial charge in [-0.2, -0.15) is 0 Å². The highest BCUT2D eigenvalue weighted by Crippen LogP contribution is 2.43. The average Bonchev–Trinajstić information content (AvgIpc) is 3.86. The molecule has 0 unspecified atom stereocenters. The Morgan fingerprint density at radius 2 is 1.40 bits per heavy atom. The third-order valence-electron chi connectivity index (χ3n) is 9.73. The first-order chi connectivity index (χ1) is 23.7. The minimum absolute atomic E-state index is 0.726. The molecule has 0 radical (unpaired) electrons. The van der Waals surface area contributed by atoms with Gasteiger partial charge in [-0.3, -0.25) is 4.57 Å². The molecule has 0 N–H and O–H groups in total. The summed E-state index contributed by atoms with van der Waals surface area (Å²) in [6, 6.07) is 44.0. The van der Waals surface area contributed by atoms with Gasteiger partial charge in [-0.25, -0.2) is 4.98 Å². The molecule has 0 saturated carbocycles. The van der Waals surface area contributed by atoms with Crippen molar-refractivity contribution in [3.8, 4) is 5.13 Å². The van der Waals surface area contributed by atoms with Gasteiger partial charge in [0.1, 0.15) is 0 Å². The minimum atomic E-state index is 0.726. The summed E-state index contributed by atoms with van der Waals surface area (Å²) in [4.78, 5) is 5.26. The number of thiazole rings is 1. The summed E-state index contributed by atoms with van der Waals surface area (Å²) in [5.41, 5.74) is 8.20. The molecule has 5 heteroatoms. The molecular formula is C43H29N3S2. The molecule has 10 rings (SSSR count). The molecule has 6 aromatic carbocycles. The molecule has 0 aliphatic rings. The molecule has 3 nitrogen and oxygen atoms in total. The molecule has 0 fully saturated rings. The van der Waals surface area contributed by atoms with Gasteiger partial charge in [0.25, 0.3) is 0 Å². The third kappa shape index (κ3) is 3.95. The molecule has 0 amide bonds. The fourth-order valence-corrected chi connectivity index (χ4v) is 9.97. The molecule has 0 bridgehead atoms. The minimum Gasteiger partial charge on any atom is -0.313 e. The van der Waals surface area contributed by atoms with Gasteiger partial charge in [0.2, 0.25) is 0 Å². The van der Waals surface area contributed by atoms with Crippen molar-refractivity contribution in [2.75, 3.05) is 0 Å². The van der Waals surface area contributed by atoms with Gasteiger partial charge >= 0.3 is 0 Å². The number of aromatic nitrogens is 3. The van der Waals surface area contributed by atoms with E-state index >= 15 is 0 Å². The van der Waals surface area contributed by atoms with Gasteiger partial charge < -0.3 is 4.57 Å². The van der Waals surface area contributed by atoms with Crippen molar-refractivity contribution in [2.45, 2.75) is 13.3 Å². The first-order valence-corrected chi connectivity index (χ1v) is 17.9. The summed E-state index contributed by atoms with van der Waals surface area (Å²) in [5, 5.41) is 9.85. The van der Waals surface area contributed by atoms with E-state index in [1.54, 1.807) is 11.3 Å². The number of rotatable bonds is 5. The maximum Gasteiger partial charge on any atom is 0.195 e. The Morgan fingerprint density at radius 3 is 2.23 bits per heavy atom. The van der Waals surface area contributed by atoms with E-state index in [9.17, 15) is 0 Å². The van der Waals surface area contributed by atoms with E-state index in [0.29, 0.717) is 0 Å². The van der Waals surface area contributed by atoms with Crippen LogP contribution < -0.4 is 0 Å². The first kappa shape index (κ1) is 27.6. The highest BCUT2D eigenvalue weighted by Gasteiger charge is 2.21. The van der Waals surface area contributed by atoms with Gasteiger partial charge in [-0.05, 0) is 66.2 Å². The molecule has 0 aliphatic heterocycles. The number of thiophene rings is 1. The second kappa shape index (κ2) is 10.5. The Balaban J connectivity index is 1.23. The molecule has 0 spiro atoms. The van der Waals surface area contributed by atoms with Crippen LogP contribution in [0.5, 0.6) is 0 Å². The second-order valence-corrected chi connectivity index (χ2v) is 14.5. The Bertz CT molecular complexity index is 2960.